The number of rotatable bonds is 8. The van der Waals surface area contributed by atoms with Gasteiger partial charge in [-0.15, -0.1) is 0 Å². The van der Waals surface area contributed by atoms with Crippen LogP contribution in [-0.4, -0.2) is 35.7 Å². The van der Waals surface area contributed by atoms with E-state index >= 15 is 0 Å². The third-order valence-electron chi connectivity index (χ3n) is 6.22. The molecule has 1 heterocycles. The summed E-state index contributed by atoms with van der Waals surface area (Å²) in [4.78, 5) is 36.7. The molecule has 34 heavy (non-hydrogen) atoms. The van der Waals surface area contributed by atoms with Crippen LogP contribution >= 0.6 is 0 Å². The van der Waals surface area contributed by atoms with Crippen molar-refractivity contribution in [1.82, 2.24) is 5.32 Å². The maximum atomic E-state index is 12.6. The fourth-order valence-corrected chi connectivity index (χ4v) is 4.22. The lowest BCUT2D eigenvalue weighted by Crippen LogP contribution is -2.45. The average Bonchev–Trinajstić information content (AvgIpc) is 3.43. The summed E-state index contributed by atoms with van der Waals surface area (Å²) < 4.78 is 10.7. The number of ether oxygens (including phenoxy) is 1. The van der Waals surface area contributed by atoms with Gasteiger partial charge in [-0.3, -0.25) is 10.1 Å². The summed E-state index contributed by atoms with van der Waals surface area (Å²) in [7, 11) is 0. The van der Waals surface area contributed by atoms with Gasteiger partial charge in [0.15, 0.2) is 0 Å². The second kappa shape index (κ2) is 9.82. The monoisotopic (exact) mass is 462 g/mol. The van der Waals surface area contributed by atoms with Crippen LogP contribution in [0.4, 0.5) is 10.5 Å². The van der Waals surface area contributed by atoms with E-state index in [2.05, 4.69) is 10.6 Å². The average molecular weight is 463 g/mol. The Bertz CT molecular complexity index is 1170. The fourth-order valence-electron chi connectivity index (χ4n) is 4.22. The Balaban J connectivity index is 1.42. The highest BCUT2D eigenvalue weighted by atomic mass is 16.5. The van der Waals surface area contributed by atoms with Gasteiger partial charge in [-0.05, 0) is 28.2 Å². The van der Waals surface area contributed by atoms with Crippen molar-refractivity contribution in [3.8, 4) is 11.1 Å². The molecule has 1 aliphatic rings. The molecule has 8 heteroatoms. The molecule has 2 unspecified atom stereocenters. The minimum atomic E-state index is -1.14. The van der Waals surface area contributed by atoms with Crippen LogP contribution < -0.4 is 10.6 Å². The first-order valence-corrected chi connectivity index (χ1v) is 11.1. The number of furan rings is 1. The van der Waals surface area contributed by atoms with Crippen LogP contribution in [-0.2, 0) is 9.53 Å². The van der Waals surface area contributed by atoms with E-state index in [4.69, 9.17) is 9.15 Å². The minimum Gasteiger partial charge on any atom is -0.480 e. The molecule has 1 aromatic heterocycles. The van der Waals surface area contributed by atoms with Crippen molar-refractivity contribution in [2.24, 2.45) is 5.92 Å². The third kappa shape index (κ3) is 4.52. The zero-order valence-corrected chi connectivity index (χ0v) is 18.9. The van der Waals surface area contributed by atoms with Crippen LogP contribution in [0, 0.1) is 5.92 Å². The van der Waals surface area contributed by atoms with Crippen LogP contribution in [0.5, 0.6) is 0 Å². The highest BCUT2D eigenvalue weighted by Gasteiger charge is 2.30. The Labute approximate surface area is 196 Å². The standard InChI is InChI=1S/C26H26N2O6/c1-3-15(2)22(25(30)31)28-24(29)23-21(12-13-33-23)27-26(32)34-14-20-18-10-6-4-8-16(18)17-9-5-7-11-19(17)20/h4-13,15,20,22H,3,14H2,1-2H3,(H,27,32)(H,28,29)(H,30,31). The van der Waals surface area contributed by atoms with Crippen molar-refractivity contribution in [2.45, 2.75) is 32.2 Å². The summed E-state index contributed by atoms with van der Waals surface area (Å²) in [5, 5.41) is 14.4. The lowest BCUT2D eigenvalue weighted by molar-refractivity contribution is -0.140. The number of hydrogen-bond acceptors (Lipinski definition) is 5. The van der Waals surface area contributed by atoms with Gasteiger partial charge in [-0.2, -0.15) is 0 Å². The predicted molar refractivity (Wildman–Crippen MR) is 126 cm³/mol. The highest BCUT2D eigenvalue weighted by molar-refractivity contribution is 6.01. The molecule has 3 N–H and O–H groups in total. The zero-order valence-electron chi connectivity index (χ0n) is 18.9. The zero-order chi connectivity index (χ0) is 24.2. The van der Waals surface area contributed by atoms with Crippen LogP contribution in [0.15, 0.2) is 65.3 Å². The van der Waals surface area contributed by atoms with Crippen molar-refractivity contribution >= 4 is 23.7 Å². The molecule has 8 nitrogen and oxygen atoms in total. The first kappa shape index (κ1) is 23.1. The van der Waals surface area contributed by atoms with E-state index in [9.17, 15) is 19.5 Å². The van der Waals surface area contributed by atoms with Crippen LogP contribution in [0.25, 0.3) is 11.1 Å². The lowest BCUT2D eigenvalue weighted by atomic mass is 9.98. The molecule has 0 bridgehead atoms. The molecule has 0 spiro atoms. The predicted octanol–water partition coefficient (Wildman–Crippen LogP) is 4.87. The van der Waals surface area contributed by atoms with Gasteiger partial charge in [-0.1, -0.05) is 68.8 Å². The molecule has 4 rings (SSSR count). The van der Waals surface area contributed by atoms with E-state index in [0.717, 1.165) is 22.3 Å². The molecule has 2 atom stereocenters. The molecule has 0 saturated heterocycles. The molecular weight excluding hydrogens is 436 g/mol. The van der Waals surface area contributed by atoms with Crippen LogP contribution in [0.3, 0.4) is 0 Å². The van der Waals surface area contributed by atoms with Crippen molar-refractivity contribution in [3.63, 3.8) is 0 Å². The van der Waals surface area contributed by atoms with E-state index in [-0.39, 0.29) is 29.9 Å². The lowest BCUT2D eigenvalue weighted by Gasteiger charge is -2.19. The Hall–Kier alpha value is -4.07. The number of nitrogens with one attached hydrogen (secondary N) is 2. The number of amides is 2. The number of aliphatic carboxylic acids is 1. The van der Waals surface area contributed by atoms with Gasteiger partial charge in [0.25, 0.3) is 5.91 Å². The van der Waals surface area contributed by atoms with Crippen molar-refractivity contribution in [1.29, 1.82) is 0 Å². The minimum absolute atomic E-state index is 0.0999. The van der Waals surface area contributed by atoms with E-state index in [1.165, 1.54) is 12.3 Å². The molecule has 2 amide bonds. The maximum absolute atomic E-state index is 12.6. The summed E-state index contributed by atoms with van der Waals surface area (Å²) >= 11 is 0. The topological polar surface area (TPSA) is 118 Å². The molecule has 0 radical (unpaired) electrons. The summed E-state index contributed by atoms with van der Waals surface area (Å²) in [6.07, 6.45) is 1.07. The number of fused-ring (bicyclic) bond motifs is 3. The number of anilines is 1. The normalized spacial score (nSPS) is 13.9. The first-order chi connectivity index (χ1) is 16.4. The quantitative estimate of drug-likeness (QED) is 0.440. The van der Waals surface area contributed by atoms with Gasteiger partial charge in [0, 0.05) is 12.0 Å². The first-order valence-electron chi connectivity index (χ1n) is 11.1. The number of benzene rings is 2. The van der Waals surface area contributed by atoms with Gasteiger partial charge in [0.05, 0.1) is 12.0 Å². The fraction of sp³-hybridized carbons (Fsp3) is 0.269. The Morgan fingerprint density at radius 1 is 1.03 bits per heavy atom. The van der Waals surface area contributed by atoms with Gasteiger partial charge in [-0.25, -0.2) is 9.59 Å². The number of carbonyl (C=O) groups excluding carboxylic acids is 2. The molecule has 0 fully saturated rings. The van der Waals surface area contributed by atoms with Gasteiger partial charge < -0.3 is 19.6 Å². The number of hydrogen-bond donors (Lipinski definition) is 3. The molecule has 3 aromatic rings. The molecule has 2 aromatic carbocycles. The Morgan fingerprint density at radius 2 is 1.65 bits per heavy atom. The van der Waals surface area contributed by atoms with Crippen molar-refractivity contribution in [3.05, 3.63) is 77.7 Å². The van der Waals surface area contributed by atoms with Gasteiger partial charge in [0.2, 0.25) is 5.76 Å². The molecule has 0 saturated carbocycles. The van der Waals surface area contributed by atoms with E-state index in [1.54, 1.807) is 6.92 Å². The number of carbonyl (C=O) groups is 3. The van der Waals surface area contributed by atoms with Crippen molar-refractivity contribution < 1.29 is 28.6 Å². The van der Waals surface area contributed by atoms with Crippen LogP contribution in [0.2, 0.25) is 0 Å². The summed E-state index contributed by atoms with van der Waals surface area (Å²) in [6, 6.07) is 16.4. The van der Waals surface area contributed by atoms with Gasteiger partial charge >= 0.3 is 12.1 Å². The second-order valence-corrected chi connectivity index (χ2v) is 8.29. The molecule has 1 aliphatic carbocycles. The molecular formula is C26H26N2O6. The third-order valence-corrected chi connectivity index (χ3v) is 6.22. The maximum Gasteiger partial charge on any atom is 0.411 e. The number of carboxylic acid groups (broad SMARTS) is 1. The van der Waals surface area contributed by atoms with Gasteiger partial charge in [0.1, 0.15) is 12.6 Å². The molecule has 176 valence electrons. The van der Waals surface area contributed by atoms with E-state index in [0.29, 0.717) is 6.42 Å². The second-order valence-electron chi connectivity index (χ2n) is 8.29. The number of carboxylic acids is 1. The van der Waals surface area contributed by atoms with E-state index < -0.39 is 24.0 Å². The highest BCUT2D eigenvalue weighted by Crippen LogP contribution is 2.44. The van der Waals surface area contributed by atoms with E-state index in [1.807, 2.05) is 55.5 Å². The summed E-state index contributed by atoms with van der Waals surface area (Å²) in [5.74, 6) is -2.44. The Morgan fingerprint density at radius 3 is 2.24 bits per heavy atom. The summed E-state index contributed by atoms with van der Waals surface area (Å²) in [6.45, 7) is 3.69. The largest absolute Gasteiger partial charge is 0.480 e. The smallest absolute Gasteiger partial charge is 0.411 e. The van der Waals surface area contributed by atoms with Crippen molar-refractivity contribution in [2.75, 3.05) is 11.9 Å². The Kier molecular flexibility index (Phi) is 6.67. The SMILES string of the molecule is CCC(C)C(NC(=O)c1occc1NC(=O)OCC1c2ccccc2-c2ccccc21)C(=O)O. The van der Waals surface area contributed by atoms with Crippen LogP contribution in [0.1, 0.15) is 47.9 Å². The molecule has 0 aliphatic heterocycles. The summed E-state index contributed by atoms with van der Waals surface area (Å²) in [5.41, 5.74) is 4.52.